The first-order valence-corrected chi connectivity index (χ1v) is 12.2. The number of alkyl halides is 3. The van der Waals surface area contributed by atoms with Gasteiger partial charge in [0, 0.05) is 44.1 Å². The van der Waals surface area contributed by atoms with E-state index in [1.54, 1.807) is 11.3 Å². The van der Waals surface area contributed by atoms with Gasteiger partial charge in [-0.2, -0.15) is 13.2 Å². The number of hydrogen-bond donors (Lipinski definition) is 3. The second-order valence-corrected chi connectivity index (χ2v) is 9.85. The van der Waals surface area contributed by atoms with E-state index in [0.29, 0.717) is 45.1 Å². The molecule has 3 heterocycles. The summed E-state index contributed by atoms with van der Waals surface area (Å²) in [4.78, 5) is 43.1. The van der Waals surface area contributed by atoms with Crippen molar-refractivity contribution in [1.82, 2.24) is 25.4 Å². The van der Waals surface area contributed by atoms with Gasteiger partial charge in [-0.25, -0.2) is 14.6 Å². The molecular weight excluding hydrogens is 475 g/mol. The minimum Gasteiger partial charge on any atom is -0.475 e. The van der Waals surface area contributed by atoms with E-state index in [4.69, 9.17) is 9.90 Å². The van der Waals surface area contributed by atoms with Crippen molar-refractivity contribution in [3.05, 3.63) is 16.1 Å². The number of aromatic nitrogens is 1. The van der Waals surface area contributed by atoms with Gasteiger partial charge in [-0.05, 0) is 32.6 Å². The van der Waals surface area contributed by atoms with Crippen LogP contribution in [0, 0.1) is 6.92 Å². The predicted molar refractivity (Wildman–Crippen MR) is 118 cm³/mol. The van der Waals surface area contributed by atoms with Crippen LogP contribution < -0.4 is 10.6 Å². The summed E-state index contributed by atoms with van der Waals surface area (Å²) in [6.07, 6.45) is 0.873. The molecule has 2 saturated heterocycles. The van der Waals surface area contributed by atoms with Crippen LogP contribution in [-0.2, 0) is 16.1 Å². The second-order valence-electron chi connectivity index (χ2n) is 8.79. The van der Waals surface area contributed by atoms with E-state index < -0.39 is 17.7 Å². The number of piperazine rings is 1. The monoisotopic (exact) mass is 505 g/mol. The Kier molecular flexibility index (Phi) is 8.39. The SMILES string of the molecule is Cc1nc(CN2CCNC(=O)C23CCN(C(=O)NC2CCCC2)CC3)cs1.O=C(O)C(F)(F)F. The zero-order valence-corrected chi connectivity index (χ0v) is 19.8. The minimum absolute atomic E-state index is 0.0367. The maximum atomic E-state index is 12.8. The highest BCUT2D eigenvalue weighted by Gasteiger charge is 2.48. The number of nitrogens with one attached hydrogen (secondary N) is 2. The van der Waals surface area contributed by atoms with Crippen LogP contribution in [0.1, 0.15) is 49.2 Å². The topological polar surface area (TPSA) is 115 Å². The second kappa shape index (κ2) is 10.9. The average molecular weight is 506 g/mol. The van der Waals surface area contributed by atoms with Crippen molar-refractivity contribution < 1.29 is 32.7 Å². The van der Waals surface area contributed by atoms with Gasteiger partial charge >= 0.3 is 18.2 Å². The third-order valence-electron chi connectivity index (χ3n) is 6.52. The summed E-state index contributed by atoms with van der Waals surface area (Å²) in [5.74, 6) is -2.65. The number of likely N-dealkylation sites (tertiary alicyclic amines) is 1. The van der Waals surface area contributed by atoms with Crippen molar-refractivity contribution in [3.8, 4) is 0 Å². The molecule has 1 aromatic heterocycles. The Morgan fingerprint density at radius 2 is 1.88 bits per heavy atom. The van der Waals surface area contributed by atoms with Crippen molar-refractivity contribution in [1.29, 1.82) is 0 Å². The van der Waals surface area contributed by atoms with Crippen LogP contribution in [0.4, 0.5) is 18.0 Å². The number of urea groups is 1. The fourth-order valence-corrected chi connectivity index (χ4v) is 5.30. The quantitative estimate of drug-likeness (QED) is 0.582. The molecule has 190 valence electrons. The molecule has 3 aliphatic rings. The fraction of sp³-hybridized carbons (Fsp3) is 0.714. The molecule has 4 rings (SSSR count). The van der Waals surface area contributed by atoms with Gasteiger partial charge in [0.1, 0.15) is 5.54 Å². The van der Waals surface area contributed by atoms with E-state index >= 15 is 0 Å². The smallest absolute Gasteiger partial charge is 0.475 e. The number of hydrogen-bond acceptors (Lipinski definition) is 6. The van der Waals surface area contributed by atoms with E-state index in [-0.39, 0.29) is 11.9 Å². The third kappa shape index (κ3) is 6.38. The number of halogens is 3. The summed E-state index contributed by atoms with van der Waals surface area (Å²) in [6.45, 7) is 5.46. The molecule has 0 atom stereocenters. The molecular formula is C21H30F3N5O4S. The lowest BCUT2D eigenvalue weighted by molar-refractivity contribution is -0.192. The number of nitrogens with zero attached hydrogens (tertiary/aromatic N) is 3. The molecule has 9 nitrogen and oxygen atoms in total. The summed E-state index contributed by atoms with van der Waals surface area (Å²) in [7, 11) is 0. The first-order chi connectivity index (χ1) is 16.0. The number of carbonyl (C=O) groups excluding carboxylic acids is 2. The van der Waals surface area contributed by atoms with Gasteiger partial charge in [0.15, 0.2) is 0 Å². The van der Waals surface area contributed by atoms with E-state index in [9.17, 15) is 22.8 Å². The van der Waals surface area contributed by atoms with Gasteiger partial charge in [0.05, 0.1) is 10.7 Å². The Morgan fingerprint density at radius 1 is 1.26 bits per heavy atom. The molecule has 0 aromatic carbocycles. The number of thiazole rings is 1. The summed E-state index contributed by atoms with van der Waals surface area (Å²) in [5.41, 5.74) is 0.521. The lowest BCUT2D eigenvalue weighted by atomic mass is 9.83. The number of amides is 3. The summed E-state index contributed by atoms with van der Waals surface area (Å²) in [6, 6.07) is 0.366. The van der Waals surface area contributed by atoms with Gasteiger partial charge in [0.25, 0.3) is 0 Å². The molecule has 34 heavy (non-hydrogen) atoms. The Morgan fingerprint density at radius 3 is 2.41 bits per heavy atom. The van der Waals surface area contributed by atoms with E-state index in [0.717, 1.165) is 30.1 Å². The maximum Gasteiger partial charge on any atom is 0.490 e. The van der Waals surface area contributed by atoms with E-state index in [1.807, 2.05) is 11.8 Å². The molecule has 2 aliphatic heterocycles. The first kappa shape index (κ1) is 26.2. The van der Waals surface area contributed by atoms with Crippen LogP contribution in [0.5, 0.6) is 0 Å². The highest BCUT2D eigenvalue weighted by molar-refractivity contribution is 7.09. The average Bonchev–Trinajstić information content (AvgIpc) is 3.43. The minimum atomic E-state index is -5.08. The number of piperidine rings is 1. The van der Waals surface area contributed by atoms with Gasteiger partial charge in [0.2, 0.25) is 5.91 Å². The van der Waals surface area contributed by atoms with Crippen LogP contribution in [0.2, 0.25) is 0 Å². The van der Waals surface area contributed by atoms with Crippen molar-refractivity contribution in [3.63, 3.8) is 0 Å². The standard InChI is InChI=1S/C19H29N5O2S.C2HF3O2/c1-14-21-16(13-27-14)12-24-11-8-20-17(25)19(24)6-9-23(10-7-19)18(26)22-15-4-2-3-5-15;3-2(4,5)1(6)7/h13,15H,2-12H2,1H3,(H,20,25)(H,22,26);(H,6,7). The van der Waals surface area contributed by atoms with Crippen molar-refractivity contribution in [2.24, 2.45) is 0 Å². The molecule has 13 heteroatoms. The highest BCUT2D eigenvalue weighted by Crippen LogP contribution is 2.33. The maximum absolute atomic E-state index is 12.8. The summed E-state index contributed by atoms with van der Waals surface area (Å²) >= 11 is 1.65. The summed E-state index contributed by atoms with van der Waals surface area (Å²) in [5, 5.41) is 16.5. The lowest BCUT2D eigenvalue weighted by Crippen LogP contribution is -2.68. The Hall–Kier alpha value is -2.41. The van der Waals surface area contributed by atoms with Crippen LogP contribution in [0.25, 0.3) is 0 Å². The predicted octanol–water partition coefficient (Wildman–Crippen LogP) is 2.50. The van der Waals surface area contributed by atoms with E-state index in [1.165, 1.54) is 12.8 Å². The van der Waals surface area contributed by atoms with Gasteiger partial charge in [-0.3, -0.25) is 9.69 Å². The Bertz CT molecular complexity index is 880. The highest BCUT2D eigenvalue weighted by atomic mass is 32.1. The van der Waals surface area contributed by atoms with Crippen molar-refractivity contribution in [2.45, 2.75) is 69.8 Å². The molecule has 3 N–H and O–H groups in total. The number of carbonyl (C=O) groups is 3. The van der Waals surface area contributed by atoms with Crippen LogP contribution >= 0.6 is 11.3 Å². The van der Waals surface area contributed by atoms with Crippen molar-refractivity contribution in [2.75, 3.05) is 26.2 Å². The number of rotatable bonds is 3. The number of carboxylic acid groups (broad SMARTS) is 1. The fourth-order valence-electron chi connectivity index (χ4n) is 4.69. The van der Waals surface area contributed by atoms with Gasteiger partial charge < -0.3 is 20.6 Å². The van der Waals surface area contributed by atoms with Gasteiger partial charge in [-0.15, -0.1) is 11.3 Å². The number of aliphatic carboxylic acids is 1. The normalized spacial score (nSPS) is 21.1. The van der Waals surface area contributed by atoms with Crippen LogP contribution in [0.15, 0.2) is 5.38 Å². The molecule has 0 radical (unpaired) electrons. The first-order valence-electron chi connectivity index (χ1n) is 11.3. The van der Waals surface area contributed by atoms with E-state index in [2.05, 4.69) is 25.9 Å². The van der Waals surface area contributed by atoms with Crippen LogP contribution in [-0.4, -0.2) is 81.7 Å². The lowest BCUT2D eigenvalue weighted by Gasteiger charge is -2.49. The number of carboxylic acids is 1. The number of aryl methyl sites for hydroxylation is 1. The van der Waals surface area contributed by atoms with Crippen LogP contribution in [0.3, 0.4) is 0 Å². The van der Waals surface area contributed by atoms with Crippen molar-refractivity contribution >= 4 is 29.2 Å². The van der Waals surface area contributed by atoms with Gasteiger partial charge in [-0.1, -0.05) is 12.8 Å². The molecule has 0 bridgehead atoms. The molecule has 1 spiro atoms. The largest absolute Gasteiger partial charge is 0.490 e. The molecule has 0 unspecified atom stereocenters. The molecule has 1 saturated carbocycles. The third-order valence-corrected chi connectivity index (χ3v) is 7.34. The zero-order valence-electron chi connectivity index (χ0n) is 19.0. The molecule has 1 aliphatic carbocycles. The molecule has 3 amide bonds. The molecule has 1 aromatic rings. The molecule has 3 fully saturated rings. The summed E-state index contributed by atoms with van der Waals surface area (Å²) < 4.78 is 31.7. The Balaban J connectivity index is 0.000000406. The Labute approximate surface area is 199 Å². The zero-order chi connectivity index (χ0) is 24.9.